The van der Waals surface area contributed by atoms with Crippen LogP contribution in [0.15, 0.2) is 35.6 Å². The predicted molar refractivity (Wildman–Crippen MR) is 66.8 cm³/mol. The molecule has 0 atom stereocenters. The van der Waals surface area contributed by atoms with E-state index in [2.05, 4.69) is 15.1 Å². The average molecular weight is 262 g/mol. The smallest absolute Gasteiger partial charge is 0.252 e. The molecule has 1 amide bonds. The van der Waals surface area contributed by atoms with Crippen LogP contribution in [0.3, 0.4) is 0 Å². The second kappa shape index (κ2) is 4.91. The maximum absolute atomic E-state index is 11.5. The lowest BCUT2D eigenvalue weighted by atomic mass is 10.2. The fraction of sp³-hybridized carbons (Fsp3) is 0.0909. The normalized spacial score (nSPS) is 9.89. The van der Waals surface area contributed by atoms with E-state index < -0.39 is 5.91 Å². The van der Waals surface area contributed by atoms with E-state index in [1.54, 1.807) is 35.9 Å². The fourth-order valence-corrected chi connectivity index (χ4v) is 1.68. The lowest BCUT2D eigenvalue weighted by Gasteiger charge is -2.04. The van der Waals surface area contributed by atoms with E-state index in [4.69, 9.17) is 17.1 Å². The summed E-state index contributed by atoms with van der Waals surface area (Å²) in [4.78, 5) is 13.9. The zero-order valence-corrected chi connectivity index (χ0v) is 10.2. The highest BCUT2D eigenvalue weighted by atomic mass is 35.5. The minimum atomic E-state index is -0.643. The number of nitrogens with zero attached hydrogens (tertiary/aromatic N) is 5. The summed E-state index contributed by atoms with van der Waals surface area (Å²) in [6.45, 7) is 1.72. The Kier molecular flexibility index (Phi) is 3.32. The lowest BCUT2D eigenvalue weighted by Crippen LogP contribution is -2.01. The lowest BCUT2D eigenvalue weighted by molar-refractivity contribution is 0.1000. The van der Waals surface area contributed by atoms with Crippen molar-refractivity contribution in [3.63, 3.8) is 0 Å². The Labute approximate surface area is 107 Å². The van der Waals surface area contributed by atoms with Gasteiger partial charge in [-0.1, -0.05) is 11.6 Å². The molecular formula is C11H8ClN5O. The third-order valence-corrected chi connectivity index (χ3v) is 2.70. The molecule has 0 bridgehead atoms. The fourth-order valence-electron chi connectivity index (χ4n) is 1.56. The van der Waals surface area contributed by atoms with Gasteiger partial charge in [-0.05, 0) is 41.8 Å². The molecule has 0 aliphatic heterocycles. The Morgan fingerprint density at radius 2 is 2.11 bits per heavy atom. The van der Waals surface area contributed by atoms with Crippen LogP contribution in [0, 0.1) is 6.92 Å². The highest BCUT2D eigenvalue weighted by molar-refractivity contribution is 6.30. The third kappa shape index (κ3) is 2.20. The highest BCUT2D eigenvalue weighted by Gasteiger charge is 2.13. The van der Waals surface area contributed by atoms with Crippen LogP contribution < -0.4 is 0 Å². The van der Waals surface area contributed by atoms with E-state index in [1.807, 2.05) is 0 Å². The largest absolute Gasteiger partial charge is 0.287 e. The molecule has 1 aromatic heterocycles. The van der Waals surface area contributed by atoms with Gasteiger partial charge >= 0.3 is 0 Å². The Morgan fingerprint density at radius 3 is 2.72 bits per heavy atom. The average Bonchev–Trinajstić information content (AvgIpc) is 2.73. The number of hydrogen-bond donors (Lipinski definition) is 0. The van der Waals surface area contributed by atoms with Crippen molar-refractivity contribution >= 4 is 17.5 Å². The van der Waals surface area contributed by atoms with Crippen LogP contribution in [0.1, 0.15) is 16.1 Å². The van der Waals surface area contributed by atoms with Crippen LogP contribution in [0.5, 0.6) is 0 Å². The van der Waals surface area contributed by atoms with Crippen molar-refractivity contribution in [3.8, 4) is 5.69 Å². The first-order valence-electron chi connectivity index (χ1n) is 5.03. The van der Waals surface area contributed by atoms with Crippen molar-refractivity contribution in [2.75, 3.05) is 0 Å². The number of carbonyl (C=O) groups excluding carboxylic acids is 1. The maximum atomic E-state index is 11.5. The molecule has 0 fully saturated rings. The van der Waals surface area contributed by atoms with Crippen LogP contribution in [0.25, 0.3) is 16.1 Å². The van der Waals surface area contributed by atoms with Gasteiger partial charge in [0.1, 0.15) is 0 Å². The summed E-state index contributed by atoms with van der Waals surface area (Å²) in [5.41, 5.74) is 9.90. The number of azide groups is 1. The molecule has 0 spiro atoms. The summed E-state index contributed by atoms with van der Waals surface area (Å²) in [7, 11) is 0. The maximum Gasteiger partial charge on any atom is 0.252 e. The summed E-state index contributed by atoms with van der Waals surface area (Å²) >= 11 is 5.80. The molecule has 90 valence electrons. The summed E-state index contributed by atoms with van der Waals surface area (Å²) in [6, 6.07) is 7.02. The molecule has 0 N–H and O–H groups in total. The number of halogens is 1. The van der Waals surface area contributed by atoms with Crippen molar-refractivity contribution in [2.45, 2.75) is 6.92 Å². The van der Waals surface area contributed by atoms with Gasteiger partial charge in [0.25, 0.3) is 5.91 Å². The molecular weight excluding hydrogens is 254 g/mol. The first-order chi connectivity index (χ1) is 8.63. The highest BCUT2D eigenvalue weighted by Crippen LogP contribution is 2.17. The van der Waals surface area contributed by atoms with E-state index in [0.29, 0.717) is 10.7 Å². The molecule has 0 saturated carbocycles. The van der Waals surface area contributed by atoms with E-state index in [1.165, 1.54) is 6.20 Å². The van der Waals surface area contributed by atoms with Gasteiger partial charge in [0, 0.05) is 9.93 Å². The first kappa shape index (κ1) is 12.2. The Bertz CT molecular complexity index is 640. The Hall–Kier alpha value is -2.30. The van der Waals surface area contributed by atoms with Gasteiger partial charge in [-0.25, -0.2) is 4.68 Å². The number of rotatable bonds is 2. The summed E-state index contributed by atoms with van der Waals surface area (Å²) < 4.78 is 1.58. The van der Waals surface area contributed by atoms with Crippen LogP contribution in [-0.2, 0) is 0 Å². The van der Waals surface area contributed by atoms with Crippen molar-refractivity contribution in [1.82, 2.24) is 9.78 Å². The molecule has 0 aliphatic carbocycles. The van der Waals surface area contributed by atoms with Crippen LogP contribution >= 0.6 is 11.6 Å². The zero-order valence-electron chi connectivity index (χ0n) is 9.41. The second-order valence-corrected chi connectivity index (χ2v) is 3.96. The molecule has 6 nitrogen and oxygen atoms in total. The molecule has 18 heavy (non-hydrogen) atoms. The second-order valence-electron chi connectivity index (χ2n) is 3.53. The molecule has 2 aromatic rings. The number of aromatic nitrogens is 2. The van der Waals surface area contributed by atoms with Gasteiger partial charge in [0.2, 0.25) is 0 Å². The van der Waals surface area contributed by atoms with E-state index in [-0.39, 0.29) is 5.56 Å². The van der Waals surface area contributed by atoms with Crippen LogP contribution in [-0.4, -0.2) is 15.7 Å². The first-order valence-corrected chi connectivity index (χ1v) is 5.41. The Morgan fingerprint density at radius 1 is 1.44 bits per heavy atom. The summed E-state index contributed by atoms with van der Waals surface area (Å²) in [5, 5.41) is 7.75. The van der Waals surface area contributed by atoms with E-state index in [9.17, 15) is 4.79 Å². The SMILES string of the molecule is Cc1c(C(=O)N=[N+]=[N-])cnn1-c1ccc(Cl)cc1. The molecule has 0 aliphatic rings. The summed E-state index contributed by atoms with van der Waals surface area (Å²) in [5.74, 6) is -0.643. The van der Waals surface area contributed by atoms with Gasteiger partial charge in [0.05, 0.1) is 23.1 Å². The number of carbonyl (C=O) groups is 1. The standard InChI is InChI=1S/C11H8ClN5O/c1-7-10(11(18)15-16-13)6-14-17(7)9-4-2-8(12)3-5-9/h2-6H,1H3. The van der Waals surface area contributed by atoms with Crippen molar-refractivity contribution in [3.05, 3.63) is 57.2 Å². The van der Waals surface area contributed by atoms with Gasteiger partial charge in [-0.2, -0.15) is 5.10 Å². The molecule has 7 heteroatoms. The predicted octanol–water partition coefficient (Wildman–Crippen LogP) is 3.28. The number of hydrogen-bond acceptors (Lipinski definition) is 2. The molecule has 0 radical (unpaired) electrons. The van der Waals surface area contributed by atoms with Gasteiger partial charge < -0.3 is 0 Å². The third-order valence-electron chi connectivity index (χ3n) is 2.45. The minimum absolute atomic E-state index is 0.280. The molecule has 0 saturated heterocycles. The van der Waals surface area contributed by atoms with Crippen molar-refractivity contribution in [2.24, 2.45) is 5.11 Å². The van der Waals surface area contributed by atoms with Crippen LogP contribution in [0.2, 0.25) is 5.02 Å². The quantitative estimate of drug-likeness (QED) is 0.472. The monoisotopic (exact) mass is 261 g/mol. The van der Waals surface area contributed by atoms with Gasteiger partial charge in [0.15, 0.2) is 0 Å². The van der Waals surface area contributed by atoms with Crippen molar-refractivity contribution < 1.29 is 4.79 Å². The van der Waals surface area contributed by atoms with Crippen molar-refractivity contribution in [1.29, 1.82) is 0 Å². The molecule has 0 unspecified atom stereocenters. The molecule has 1 heterocycles. The summed E-state index contributed by atoms with van der Waals surface area (Å²) in [6.07, 6.45) is 1.38. The van der Waals surface area contributed by atoms with E-state index in [0.717, 1.165) is 5.69 Å². The number of amides is 1. The molecule has 1 aromatic carbocycles. The molecule has 2 rings (SSSR count). The van der Waals surface area contributed by atoms with Gasteiger partial charge in [-0.3, -0.25) is 4.79 Å². The topological polar surface area (TPSA) is 83.7 Å². The minimum Gasteiger partial charge on any atom is -0.287 e. The number of benzene rings is 1. The van der Waals surface area contributed by atoms with Crippen LogP contribution in [0.4, 0.5) is 0 Å². The van der Waals surface area contributed by atoms with Gasteiger partial charge in [-0.15, -0.1) is 0 Å². The van der Waals surface area contributed by atoms with E-state index >= 15 is 0 Å². The Balaban J connectivity index is 2.45. The zero-order chi connectivity index (χ0) is 13.1.